The van der Waals surface area contributed by atoms with E-state index in [0.717, 1.165) is 4.47 Å². The summed E-state index contributed by atoms with van der Waals surface area (Å²) in [5.41, 5.74) is 2.88. The molecule has 2 aromatic carbocycles. The van der Waals surface area contributed by atoms with E-state index in [9.17, 15) is 18.3 Å². The van der Waals surface area contributed by atoms with Gasteiger partial charge in [0, 0.05) is 28.7 Å². The number of carbonyl (C=O) groups is 1. The summed E-state index contributed by atoms with van der Waals surface area (Å²) in [7, 11) is -3.66. The topological polar surface area (TPSA) is 99.1 Å². The van der Waals surface area contributed by atoms with Gasteiger partial charge in [-0.25, -0.2) is 13.8 Å². The Labute approximate surface area is 180 Å². The normalized spacial score (nSPS) is 11.9. The van der Waals surface area contributed by atoms with E-state index < -0.39 is 15.9 Å². The van der Waals surface area contributed by atoms with Gasteiger partial charge in [-0.1, -0.05) is 35.8 Å². The van der Waals surface area contributed by atoms with Crippen molar-refractivity contribution in [3.05, 3.63) is 56.5 Å². The van der Waals surface area contributed by atoms with Gasteiger partial charge in [-0.15, -0.1) is 0 Å². The van der Waals surface area contributed by atoms with Gasteiger partial charge in [0.1, 0.15) is 5.75 Å². The number of sulfonamides is 1. The Morgan fingerprint density at radius 1 is 1.21 bits per heavy atom. The molecule has 28 heavy (non-hydrogen) atoms. The van der Waals surface area contributed by atoms with Gasteiger partial charge in [-0.2, -0.15) is 9.41 Å². The molecule has 0 radical (unpaired) electrons. The Morgan fingerprint density at radius 3 is 2.54 bits per heavy atom. The van der Waals surface area contributed by atoms with Crippen LogP contribution in [0.2, 0.25) is 0 Å². The second-order valence-corrected chi connectivity index (χ2v) is 9.35. The number of amides is 1. The zero-order valence-electron chi connectivity index (χ0n) is 15.2. The van der Waals surface area contributed by atoms with Crippen LogP contribution in [0.5, 0.6) is 5.75 Å². The quantitative estimate of drug-likeness (QED) is 0.419. The Hall–Kier alpha value is -1.75. The fourth-order valence-electron chi connectivity index (χ4n) is 2.42. The number of rotatable bonds is 7. The number of nitrogens with zero attached hydrogens (tertiary/aromatic N) is 2. The molecule has 0 saturated heterocycles. The molecule has 2 aromatic rings. The van der Waals surface area contributed by atoms with Crippen LogP contribution >= 0.6 is 31.9 Å². The molecule has 0 aliphatic carbocycles. The minimum Gasteiger partial charge on any atom is -0.506 e. The van der Waals surface area contributed by atoms with Crippen molar-refractivity contribution < 1.29 is 18.3 Å². The second kappa shape index (κ2) is 9.64. The van der Waals surface area contributed by atoms with E-state index in [0.29, 0.717) is 23.1 Å². The van der Waals surface area contributed by atoms with E-state index in [1.165, 1.54) is 34.8 Å². The molecule has 1 amide bonds. The van der Waals surface area contributed by atoms with E-state index in [1.54, 1.807) is 26.0 Å². The molecule has 0 atom stereocenters. The number of hydrazone groups is 1. The number of halogens is 2. The predicted octanol–water partition coefficient (Wildman–Crippen LogP) is 3.71. The number of nitrogens with one attached hydrogen (secondary N) is 1. The zero-order valence-corrected chi connectivity index (χ0v) is 19.2. The number of hydrogen-bond donors (Lipinski definition) is 2. The summed E-state index contributed by atoms with van der Waals surface area (Å²) in [5.74, 6) is -0.588. The lowest BCUT2D eigenvalue weighted by atomic mass is 10.2. The molecule has 0 aromatic heterocycles. The third-order valence-corrected chi connectivity index (χ3v) is 6.98. The summed E-state index contributed by atoms with van der Waals surface area (Å²) in [5, 5.41) is 13.8. The molecule has 10 heteroatoms. The van der Waals surface area contributed by atoms with Crippen molar-refractivity contribution in [2.24, 2.45) is 5.10 Å². The number of phenols is 1. The zero-order chi connectivity index (χ0) is 20.9. The van der Waals surface area contributed by atoms with Crippen molar-refractivity contribution in [3.63, 3.8) is 0 Å². The van der Waals surface area contributed by atoms with Crippen LogP contribution in [0.1, 0.15) is 29.8 Å². The Morgan fingerprint density at radius 2 is 1.89 bits per heavy atom. The number of carbonyl (C=O) groups excluding carboxylic acids is 1. The number of hydrogen-bond acceptors (Lipinski definition) is 5. The van der Waals surface area contributed by atoms with Crippen LogP contribution in [0.15, 0.2) is 55.3 Å². The van der Waals surface area contributed by atoms with Crippen molar-refractivity contribution in [2.45, 2.75) is 18.7 Å². The van der Waals surface area contributed by atoms with Crippen LogP contribution in [0.4, 0.5) is 0 Å². The van der Waals surface area contributed by atoms with Crippen LogP contribution in [-0.2, 0) is 10.0 Å². The van der Waals surface area contributed by atoms with Gasteiger partial charge in [0.05, 0.1) is 15.6 Å². The van der Waals surface area contributed by atoms with Gasteiger partial charge in [0.2, 0.25) is 10.0 Å². The highest BCUT2D eigenvalue weighted by atomic mass is 79.9. The van der Waals surface area contributed by atoms with Crippen molar-refractivity contribution >= 4 is 54.0 Å². The number of aromatic hydroxyl groups is 1. The van der Waals surface area contributed by atoms with Crippen LogP contribution < -0.4 is 5.43 Å². The highest BCUT2D eigenvalue weighted by Gasteiger charge is 2.22. The third-order valence-electron chi connectivity index (χ3n) is 3.87. The Bertz CT molecular complexity index is 1010. The minimum atomic E-state index is -3.66. The predicted molar refractivity (Wildman–Crippen MR) is 115 cm³/mol. The van der Waals surface area contributed by atoms with E-state index >= 15 is 0 Å². The summed E-state index contributed by atoms with van der Waals surface area (Å²) < 4.78 is 27.7. The smallest absolute Gasteiger partial charge is 0.271 e. The van der Waals surface area contributed by atoms with Gasteiger partial charge < -0.3 is 5.11 Å². The lowest BCUT2D eigenvalue weighted by Gasteiger charge is -2.18. The first-order chi connectivity index (χ1) is 13.2. The first-order valence-electron chi connectivity index (χ1n) is 8.32. The minimum absolute atomic E-state index is 0.0199. The molecular weight excluding hydrogens is 514 g/mol. The molecule has 2 N–H and O–H groups in total. The van der Waals surface area contributed by atoms with Gasteiger partial charge in [-0.05, 0) is 46.3 Å². The SMILES string of the molecule is CCN(CC)S(=O)(=O)c1cccc(C(=O)NN=Cc2cc(Br)cc(Br)c2O)c1. The van der Waals surface area contributed by atoms with Gasteiger partial charge in [-0.3, -0.25) is 4.79 Å². The lowest BCUT2D eigenvalue weighted by molar-refractivity contribution is 0.0955. The Balaban J connectivity index is 2.20. The summed E-state index contributed by atoms with van der Waals surface area (Å²) in [4.78, 5) is 12.4. The fraction of sp³-hybridized carbons (Fsp3) is 0.222. The fourth-order valence-corrected chi connectivity index (χ4v) is 5.18. The van der Waals surface area contributed by atoms with Crippen molar-refractivity contribution in [2.75, 3.05) is 13.1 Å². The van der Waals surface area contributed by atoms with Crippen molar-refractivity contribution in [3.8, 4) is 5.75 Å². The molecule has 0 bridgehead atoms. The van der Waals surface area contributed by atoms with Crippen molar-refractivity contribution in [1.82, 2.24) is 9.73 Å². The maximum Gasteiger partial charge on any atom is 0.271 e. The maximum absolute atomic E-state index is 12.6. The van der Waals surface area contributed by atoms with Gasteiger partial charge >= 0.3 is 0 Å². The van der Waals surface area contributed by atoms with E-state index in [-0.39, 0.29) is 16.2 Å². The Kier molecular flexibility index (Phi) is 7.76. The molecule has 150 valence electrons. The molecule has 7 nitrogen and oxygen atoms in total. The van der Waals surface area contributed by atoms with Gasteiger partial charge in [0.25, 0.3) is 5.91 Å². The average Bonchev–Trinajstić information content (AvgIpc) is 2.66. The standard InChI is InChI=1S/C18H19Br2N3O4S/c1-3-23(4-2)28(26,27)15-7-5-6-12(9-15)18(25)22-21-11-13-8-14(19)10-16(20)17(13)24/h5-11,24H,3-4H2,1-2H3,(H,22,25). The summed E-state index contributed by atoms with van der Waals surface area (Å²) in [6.07, 6.45) is 1.29. The highest BCUT2D eigenvalue weighted by molar-refractivity contribution is 9.11. The largest absolute Gasteiger partial charge is 0.506 e. The molecule has 0 unspecified atom stereocenters. The first-order valence-corrected chi connectivity index (χ1v) is 11.3. The number of phenolic OH excluding ortho intramolecular Hbond substituents is 1. The monoisotopic (exact) mass is 531 g/mol. The molecule has 0 aliphatic heterocycles. The number of benzene rings is 2. The second-order valence-electron chi connectivity index (χ2n) is 5.64. The van der Waals surface area contributed by atoms with Crippen molar-refractivity contribution in [1.29, 1.82) is 0 Å². The summed E-state index contributed by atoms with van der Waals surface area (Å²) in [6.45, 7) is 4.18. The molecule has 0 spiro atoms. The van der Waals surface area contributed by atoms with E-state index in [2.05, 4.69) is 42.4 Å². The molecule has 0 fully saturated rings. The lowest BCUT2D eigenvalue weighted by Crippen LogP contribution is -2.30. The van der Waals surface area contributed by atoms with Crippen LogP contribution in [0.3, 0.4) is 0 Å². The van der Waals surface area contributed by atoms with Gasteiger partial charge in [0.15, 0.2) is 0 Å². The summed E-state index contributed by atoms with van der Waals surface area (Å²) >= 11 is 6.52. The van der Waals surface area contributed by atoms with E-state index in [1.807, 2.05) is 0 Å². The van der Waals surface area contributed by atoms with E-state index in [4.69, 9.17) is 0 Å². The first kappa shape index (κ1) is 22.5. The maximum atomic E-state index is 12.6. The third kappa shape index (κ3) is 5.19. The average molecular weight is 533 g/mol. The van der Waals surface area contributed by atoms with Crippen LogP contribution in [0.25, 0.3) is 0 Å². The molecule has 0 aliphatic rings. The molecule has 0 heterocycles. The molecule has 2 rings (SSSR count). The van der Waals surface area contributed by atoms with Crippen LogP contribution in [0, 0.1) is 0 Å². The van der Waals surface area contributed by atoms with Crippen LogP contribution in [-0.4, -0.2) is 43.0 Å². The molecular formula is C18H19Br2N3O4S. The molecule has 0 saturated carbocycles. The highest BCUT2D eigenvalue weighted by Crippen LogP contribution is 2.30. The summed E-state index contributed by atoms with van der Waals surface area (Å²) in [6, 6.07) is 9.07.